The van der Waals surface area contributed by atoms with Gasteiger partial charge in [0.15, 0.2) is 0 Å². The van der Waals surface area contributed by atoms with Crippen LogP contribution in [0.15, 0.2) is 261 Å². The van der Waals surface area contributed by atoms with Crippen molar-refractivity contribution in [2.45, 2.75) is 24.7 Å². The Morgan fingerprint density at radius 1 is 0.254 bits per heavy atom. The quantitative estimate of drug-likeness (QED) is 0.154. The van der Waals surface area contributed by atoms with Gasteiger partial charge >= 0.3 is 0 Å². The molecule has 334 valence electrons. The first-order valence-electron chi connectivity index (χ1n) is 24.9. The molecule has 71 heavy (non-hydrogen) atoms. The summed E-state index contributed by atoms with van der Waals surface area (Å²) in [6.45, 7) is 4.76. The summed E-state index contributed by atoms with van der Waals surface area (Å²) in [5.74, 6) is 0. The topological polar surface area (TPSA) is 3.24 Å². The third-order valence-corrected chi connectivity index (χ3v) is 15.9. The molecule has 0 fully saturated rings. The van der Waals surface area contributed by atoms with Crippen LogP contribution in [0.2, 0.25) is 0 Å². The monoisotopic (exact) mass is 903 g/mol. The molecule has 3 aliphatic carbocycles. The molecule has 0 saturated heterocycles. The fourth-order valence-corrected chi connectivity index (χ4v) is 12.7. The van der Waals surface area contributed by atoms with Crippen LogP contribution in [0, 0.1) is 0 Å². The van der Waals surface area contributed by atoms with Gasteiger partial charge in [-0.2, -0.15) is 0 Å². The van der Waals surface area contributed by atoms with E-state index in [1.165, 1.54) is 117 Å². The van der Waals surface area contributed by atoms with Gasteiger partial charge in [-0.15, -0.1) is 0 Å². The number of hydrogen-bond acceptors (Lipinski definition) is 1. The van der Waals surface area contributed by atoms with E-state index >= 15 is 0 Å². The Bertz CT molecular complexity index is 3870. The number of nitrogens with zero attached hydrogens (tertiary/aromatic N) is 1. The van der Waals surface area contributed by atoms with Gasteiger partial charge in [0.05, 0.1) is 16.8 Å². The third-order valence-electron chi connectivity index (χ3n) is 15.9. The molecule has 1 heteroatoms. The molecule has 11 aromatic carbocycles. The maximum atomic E-state index is 2.58. The van der Waals surface area contributed by atoms with Crippen molar-refractivity contribution in [3.8, 4) is 77.9 Å². The summed E-state index contributed by atoms with van der Waals surface area (Å²) in [6.07, 6.45) is 0. The van der Waals surface area contributed by atoms with Crippen LogP contribution in [0.3, 0.4) is 0 Å². The second-order valence-corrected chi connectivity index (χ2v) is 19.9. The van der Waals surface area contributed by atoms with Gasteiger partial charge < -0.3 is 4.90 Å². The smallest absolute Gasteiger partial charge is 0.0726 e. The lowest BCUT2D eigenvalue weighted by molar-refractivity contribution is 0.660. The highest BCUT2D eigenvalue weighted by molar-refractivity contribution is 6.05. The van der Waals surface area contributed by atoms with Crippen molar-refractivity contribution in [3.05, 3.63) is 294 Å². The van der Waals surface area contributed by atoms with Crippen LogP contribution in [-0.4, -0.2) is 0 Å². The van der Waals surface area contributed by atoms with E-state index in [1.54, 1.807) is 0 Å². The van der Waals surface area contributed by atoms with Gasteiger partial charge in [-0.3, -0.25) is 0 Å². The standard InChI is InChI=1S/C70H49N/c1-69(2)58-28-14-12-25-55(58)67-60(69)30-17-33-64(67)71(53-42-39-49(40-43-53)47-21-8-4-9-22-47)65-34-18-32-62-68(65)57-44-41-52(50-37-35-48(36-38-50)46-19-6-3-7-20-46)45-63(57)70(62)59-29-15-13-26-56(59)66-54(27-16-31-61(66)70)51-23-10-5-11-24-51/h3-45H,1-2H3. The minimum absolute atomic E-state index is 0.163. The Kier molecular flexibility index (Phi) is 9.22. The van der Waals surface area contributed by atoms with Crippen molar-refractivity contribution < 1.29 is 0 Å². The van der Waals surface area contributed by atoms with Crippen molar-refractivity contribution in [1.82, 2.24) is 0 Å². The molecule has 0 radical (unpaired) electrons. The van der Waals surface area contributed by atoms with Gasteiger partial charge in [-0.05, 0) is 130 Å². The predicted octanol–water partition coefficient (Wildman–Crippen LogP) is 18.5. The first-order chi connectivity index (χ1) is 35.0. The number of rotatable bonds is 7. The van der Waals surface area contributed by atoms with E-state index in [9.17, 15) is 0 Å². The van der Waals surface area contributed by atoms with E-state index < -0.39 is 5.41 Å². The summed E-state index contributed by atoms with van der Waals surface area (Å²) in [4.78, 5) is 2.58. The lowest BCUT2D eigenvalue weighted by Crippen LogP contribution is -2.26. The molecule has 0 bridgehead atoms. The van der Waals surface area contributed by atoms with Gasteiger partial charge in [0.25, 0.3) is 0 Å². The normalized spacial score (nSPS) is 15.1. The van der Waals surface area contributed by atoms with E-state index in [1.807, 2.05) is 0 Å². The summed E-state index contributed by atoms with van der Waals surface area (Å²) in [5, 5.41) is 0. The molecule has 1 unspecified atom stereocenters. The molecular weight excluding hydrogens is 855 g/mol. The minimum Gasteiger partial charge on any atom is -0.309 e. The molecule has 3 aliphatic rings. The lowest BCUT2D eigenvalue weighted by Gasteiger charge is -2.33. The van der Waals surface area contributed by atoms with E-state index in [0.29, 0.717) is 0 Å². The highest BCUT2D eigenvalue weighted by atomic mass is 15.1. The van der Waals surface area contributed by atoms with Crippen LogP contribution in [-0.2, 0) is 10.8 Å². The average molecular weight is 904 g/mol. The summed E-state index contributed by atoms with van der Waals surface area (Å²) in [5.41, 5.74) is 28.1. The Morgan fingerprint density at radius 3 is 1.27 bits per heavy atom. The number of hydrogen-bond donors (Lipinski definition) is 0. The molecule has 0 saturated carbocycles. The van der Waals surface area contributed by atoms with Crippen LogP contribution < -0.4 is 4.90 Å². The Balaban J connectivity index is 1.06. The van der Waals surface area contributed by atoms with Crippen LogP contribution in [0.5, 0.6) is 0 Å². The molecule has 14 rings (SSSR count). The van der Waals surface area contributed by atoms with E-state index in [-0.39, 0.29) is 5.41 Å². The fourth-order valence-electron chi connectivity index (χ4n) is 12.7. The number of anilines is 3. The largest absolute Gasteiger partial charge is 0.309 e. The zero-order valence-corrected chi connectivity index (χ0v) is 39.8. The minimum atomic E-state index is -0.604. The van der Waals surface area contributed by atoms with E-state index in [4.69, 9.17) is 0 Å². The van der Waals surface area contributed by atoms with Crippen molar-refractivity contribution in [1.29, 1.82) is 0 Å². The third kappa shape index (κ3) is 6.06. The second kappa shape index (κ2) is 15.9. The van der Waals surface area contributed by atoms with E-state index in [0.717, 1.165) is 11.4 Å². The first-order valence-corrected chi connectivity index (χ1v) is 24.9. The highest BCUT2D eigenvalue weighted by Gasteiger charge is 2.53. The fraction of sp³-hybridized carbons (Fsp3) is 0.0571. The lowest BCUT2D eigenvalue weighted by atomic mass is 9.70. The van der Waals surface area contributed by atoms with Crippen LogP contribution in [0.4, 0.5) is 17.1 Å². The van der Waals surface area contributed by atoms with Crippen LogP contribution in [0.25, 0.3) is 77.9 Å². The van der Waals surface area contributed by atoms with E-state index in [2.05, 4.69) is 280 Å². The number of benzene rings is 11. The van der Waals surface area contributed by atoms with Gasteiger partial charge in [-0.1, -0.05) is 244 Å². The predicted molar refractivity (Wildman–Crippen MR) is 297 cm³/mol. The molecular formula is C70H49N. The van der Waals surface area contributed by atoms with Crippen molar-refractivity contribution in [3.63, 3.8) is 0 Å². The number of fused-ring (bicyclic) bond motifs is 13. The molecule has 1 nitrogen and oxygen atoms in total. The Morgan fingerprint density at radius 2 is 0.648 bits per heavy atom. The van der Waals surface area contributed by atoms with Gasteiger partial charge in [0, 0.05) is 22.2 Å². The molecule has 0 aliphatic heterocycles. The zero-order chi connectivity index (χ0) is 47.3. The molecule has 0 heterocycles. The van der Waals surface area contributed by atoms with Crippen molar-refractivity contribution in [2.24, 2.45) is 0 Å². The summed E-state index contributed by atoms with van der Waals surface area (Å²) >= 11 is 0. The molecule has 11 aromatic rings. The second-order valence-electron chi connectivity index (χ2n) is 19.9. The zero-order valence-electron chi connectivity index (χ0n) is 39.8. The SMILES string of the molecule is CC1(C)c2ccccc2-c2c(N(c3ccc(-c4ccccc4)cc3)c3cccc4c3-c3ccc(-c5ccc(-c6ccccc6)cc5)cc3C43c4ccccc4-c4c(-c5ccccc5)cccc43)cccc21. The van der Waals surface area contributed by atoms with Crippen LogP contribution >= 0.6 is 0 Å². The maximum Gasteiger partial charge on any atom is 0.0726 e. The first kappa shape index (κ1) is 41.2. The maximum absolute atomic E-state index is 2.58. The molecule has 1 atom stereocenters. The summed E-state index contributed by atoms with van der Waals surface area (Å²) < 4.78 is 0. The Labute approximate surface area is 416 Å². The van der Waals surface area contributed by atoms with Gasteiger partial charge in [0.2, 0.25) is 0 Å². The molecule has 0 N–H and O–H groups in total. The highest BCUT2D eigenvalue weighted by Crippen LogP contribution is 2.67. The van der Waals surface area contributed by atoms with Gasteiger partial charge in [0.1, 0.15) is 0 Å². The van der Waals surface area contributed by atoms with Crippen molar-refractivity contribution >= 4 is 17.1 Å². The van der Waals surface area contributed by atoms with Crippen molar-refractivity contribution in [2.75, 3.05) is 4.90 Å². The Hall–Kier alpha value is -8.78. The average Bonchev–Trinajstić information content (AvgIpc) is 4.01. The molecule has 0 aromatic heterocycles. The molecule has 0 amide bonds. The summed E-state index contributed by atoms with van der Waals surface area (Å²) in [6, 6.07) is 97.4. The van der Waals surface area contributed by atoms with Gasteiger partial charge in [-0.25, -0.2) is 0 Å². The van der Waals surface area contributed by atoms with Crippen LogP contribution in [0.1, 0.15) is 47.2 Å². The molecule has 1 spiro atoms. The summed E-state index contributed by atoms with van der Waals surface area (Å²) in [7, 11) is 0.